The van der Waals surface area contributed by atoms with Crippen LogP contribution in [-0.2, 0) is 15.4 Å². The average Bonchev–Trinajstić information content (AvgIpc) is 3.12. The highest BCUT2D eigenvalue weighted by molar-refractivity contribution is 7.92. The fraction of sp³-hybridized carbons (Fsp3) is 0.273. The Kier molecular flexibility index (Phi) is 6.83. The third-order valence-corrected chi connectivity index (χ3v) is 7.69. The van der Waals surface area contributed by atoms with Crippen LogP contribution in [0.5, 0.6) is 5.75 Å². The molecule has 0 saturated heterocycles. The van der Waals surface area contributed by atoms with Crippen molar-refractivity contribution in [3.05, 3.63) is 63.1 Å². The lowest BCUT2D eigenvalue weighted by atomic mass is 9.98. The largest absolute Gasteiger partial charge is 0.495 e. The summed E-state index contributed by atoms with van der Waals surface area (Å²) in [6.45, 7) is 7.87. The van der Waals surface area contributed by atoms with Gasteiger partial charge in [0.25, 0.3) is 15.9 Å². The molecule has 1 heterocycles. The van der Waals surface area contributed by atoms with Crippen molar-refractivity contribution in [2.45, 2.75) is 38.0 Å². The number of aryl methyl sites for hydroxylation is 1. The van der Waals surface area contributed by atoms with Crippen molar-refractivity contribution in [2.24, 2.45) is 0 Å². The monoisotopic (exact) mass is 493 g/mol. The zero-order chi connectivity index (χ0) is 23.7. The van der Waals surface area contributed by atoms with Gasteiger partial charge in [-0.2, -0.15) is 0 Å². The van der Waals surface area contributed by atoms with Crippen molar-refractivity contribution in [2.75, 3.05) is 17.1 Å². The van der Waals surface area contributed by atoms with Crippen molar-refractivity contribution in [1.82, 2.24) is 4.98 Å². The number of nitrogens with zero attached hydrogens (tertiary/aromatic N) is 1. The lowest BCUT2D eigenvalue weighted by Crippen LogP contribution is -2.16. The Hall–Kier alpha value is -2.62. The molecule has 10 heteroatoms. The highest BCUT2D eigenvalue weighted by atomic mass is 35.5. The van der Waals surface area contributed by atoms with Crippen molar-refractivity contribution in [1.29, 1.82) is 0 Å². The molecular weight excluding hydrogens is 470 g/mol. The molecule has 170 valence electrons. The number of nitrogens with one attached hydrogen (secondary N) is 2. The van der Waals surface area contributed by atoms with Gasteiger partial charge in [-0.1, -0.05) is 32.4 Å². The van der Waals surface area contributed by atoms with Crippen LogP contribution in [0.2, 0.25) is 5.02 Å². The summed E-state index contributed by atoms with van der Waals surface area (Å²) in [5.74, 6) is -0.205. The van der Waals surface area contributed by atoms with E-state index in [-0.39, 0.29) is 22.0 Å². The summed E-state index contributed by atoms with van der Waals surface area (Å²) in [7, 11) is -2.62. The van der Waals surface area contributed by atoms with Crippen molar-refractivity contribution in [3.8, 4) is 5.75 Å². The minimum atomic E-state index is -3.99. The van der Waals surface area contributed by atoms with E-state index in [1.807, 2.05) is 20.8 Å². The number of thiazole rings is 1. The van der Waals surface area contributed by atoms with Gasteiger partial charge in [-0.05, 0) is 49.4 Å². The Morgan fingerprint density at radius 2 is 1.72 bits per heavy atom. The van der Waals surface area contributed by atoms with Crippen LogP contribution >= 0.6 is 22.9 Å². The van der Waals surface area contributed by atoms with Gasteiger partial charge in [0.15, 0.2) is 0 Å². The number of methoxy groups -OCH3 is 1. The second kappa shape index (κ2) is 9.09. The number of carbonyl (C=O) groups excluding carboxylic acids is 1. The molecule has 0 aliphatic carbocycles. The molecule has 0 aliphatic rings. The summed E-state index contributed by atoms with van der Waals surface area (Å²) >= 11 is 7.19. The average molecular weight is 494 g/mol. The minimum Gasteiger partial charge on any atom is -0.495 e. The van der Waals surface area contributed by atoms with Crippen LogP contribution in [0, 0.1) is 6.92 Å². The van der Waals surface area contributed by atoms with Gasteiger partial charge in [0.2, 0.25) is 0 Å². The van der Waals surface area contributed by atoms with Gasteiger partial charge in [0.1, 0.15) is 15.5 Å². The normalized spacial score (nSPS) is 11.8. The van der Waals surface area contributed by atoms with Gasteiger partial charge >= 0.3 is 0 Å². The smallest absolute Gasteiger partial charge is 0.267 e. The number of aromatic nitrogens is 1. The zero-order valence-corrected chi connectivity index (χ0v) is 20.7. The van der Waals surface area contributed by atoms with Crippen LogP contribution in [0.4, 0.5) is 11.4 Å². The molecule has 0 radical (unpaired) electrons. The van der Waals surface area contributed by atoms with E-state index in [2.05, 4.69) is 15.0 Å². The standard InChI is InChI=1S/C22H24ClN3O4S2/c1-13-19(31-21(24-13)22(2,3)4)20(27)25-16-10-11-17(30-5)18(12-16)32(28,29)26-15-8-6-14(23)7-9-15/h6-12,26H,1-5H3,(H,25,27). The summed E-state index contributed by atoms with van der Waals surface area (Å²) in [6.07, 6.45) is 0. The van der Waals surface area contributed by atoms with E-state index in [1.54, 1.807) is 37.3 Å². The summed E-state index contributed by atoms with van der Waals surface area (Å²) in [4.78, 5) is 17.7. The van der Waals surface area contributed by atoms with Crippen LogP contribution < -0.4 is 14.8 Å². The molecule has 0 bridgehead atoms. The molecule has 3 aromatic rings. The molecule has 0 spiro atoms. The Labute approximate surface area is 196 Å². The molecule has 0 saturated carbocycles. The number of anilines is 2. The number of carbonyl (C=O) groups is 1. The second-order valence-electron chi connectivity index (χ2n) is 8.12. The highest BCUT2D eigenvalue weighted by Gasteiger charge is 2.24. The molecule has 2 N–H and O–H groups in total. The number of hydrogen-bond acceptors (Lipinski definition) is 6. The third-order valence-electron chi connectivity index (χ3n) is 4.45. The molecule has 0 unspecified atom stereocenters. The van der Waals surface area contributed by atoms with Gasteiger partial charge in [-0.25, -0.2) is 13.4 Å². The SMILES string of the molecule is COc1ccc(NC(=O)c2sc(C(C)(C)C)nc2C)cc1S(=O)(=O)Nc1ccc(Cl)cc1. The predicted molar refractivity (Wildman–Crippen MR) is 129 cm³/mol. The summed E-state index contributed by atoms with van der Waals surface area (Å²) in [6, 6.07) is 10.7. The van der Waals surface area contributed by atoms with Crippen LogP contribution in [0.3, 0.4) is 0 Å². The van der Waals surface area contributed by atoms with E-state index in [0.29, 0.717) is 27.0 Å². The van der Waals surface area contributed by atoms with Crippen molar-refractivity contribution in [3.63, 3.8) is 0 Å². The molecule has 2 aromatic carbocycles. The van der Waals surface area contributed by atoms with E-state index < -0.39 is 10.0 Å². The Balaban J connectivity index is 1.90. The maximum absolute atomic E-state index is 13.0. The van der Waals surface area contributed by atoms with E-state index >= 15 is 0 Å². The van der Waals surface area contributed by atoms with Gasteiger partial charge in [-0.3, -0.25) is 9.52 Å². The first-order valence-corrected chi connectivity index (χ1v) is 12.3. The van der Waals surface area contributed by atoms with E-state index in [4.69, 9.17) is 16.3 Å². The third kappa shape index (κ3) is 5.40. The minimum absolute atomic E-state index is 0.107. The lowest BCUT2D eigenvalue weighted by molar-refractivity contribution is 0.102. The number of amides is 1. The molecule has 0 fully saturated rings. The lowest BCUT2D eigenvalue weighted by Gasteiger charge is -2.14. The number of ether oxygens (including phenoxy) is 1. The van der Waals surface area contributed by atoms with E-state index in [1.165, 1.54) is 30.6 Å². The molecule has 0 atom stereocenters. The Bertz CT molecular complexity index is 1250. The molecule has 7 nitrogen and oxygen atoms in total. The number of halogens is 1. The quantitative estimate of drug-likeness (QED) is 0.475. The van der Waals surface area contributed by atoms with Crippen LogP contribution in [-0.4, -0.2) is 26.4 Å². The van der Waals surface area contributed by atoms with Gasteiger partial charge in [-0.15, -0.1) is 11.3 Å². The molecule has 0 aliphatic heterocycles. The Morgan fingerprint density at radius 3 is 2.28 bits per heavy atom. The number of hydrogen-bond donors (Lipinski definition) is 2. The zero-order valence-electron chi connectivity index (χ0n) is 18.3. The highest BCUT2D eigenvalue weighted by Crippen LogP contribution is 2.32. The first-order chi connectivity index (χ1) is 14.9. The molecule has 1 aromatic heterocycles. The fourth-order valence-corrected chi connectivity index (χ4v) is 5.21. The summed E-state index contributed by atoms with van der Waals surface area (Å²) in [5.41, 5.74) is 1.12. The first kappa shape index (κ1) is 24.0. The van der Waals surface area contributed by atoms with Crippen molar-refractivity contribution < 1.29 is 17.9 Å². The van der Waals surface area contributed by atoms with Crippen LogP contribution in [0.15, 0.2) is 47.4 Å². The summed E-state index contributed by atoms with van der Waals surface area (Å²) < 4.78 is 33.7. The molecular formula is C22H24ClN3O4S2. The molecule has 1 amide bonds. The molecule has 3 rings (SSSR count). The number of benzene rings is 2. The van der Waals surface area contributed by atoms with E-state index in [0.717, 1.165) is 5.01 Å². The first-order valence-electron chi connectivity index (χ1n) is 9.66. The predicted octanol–water partition coefficient (Wildman–Crippen LogP) is 5.46. The van der Waals surface area contributed by atoms with E-state index in [9.17, 15) is 13.2 Å². The van der Waals surface area contributed by atoms with Crippen LogP contribution in [0.1, 0.15) is 41.1 Å². The van der Waals surface area contributed by atoms with Crippen LogP contribution in [0.25, 0.3) is 0 Å². The maximum Gasteiger partial charge on any atom is 0.267 e. The summed E-state index contributed by atoms with van der Waals surface area (Å²) in [5, 5.41) is 4.11. The van der Waals surface area contributed by atoms with Gasteiger partial charge in [0.05, 0.1) is 17.8 Å². The maximum atomic E-state index is 13.0. The van der Waals surface area contributed by atoms with Crippen molar-refractivity contribution >= 4 is 50.2 Å². The van der Waals surface area contributed by atoms with Gasteiger partial charge in [0, 0.05) is 21.8 Å². The number of rotatable bonds is 6. The Morgan fingerprint density at radius 1 is 1.09 bits per heavy atom. The number of sulfonamides is 1. The second-order valence-corrected chi connectivity index (χ2v) is 11.2. The van der Waals surface area contributed by atoms with Gasteiger partial charge < -0.3 is 10.1 Å². The topological polar surface area (TPSA) is 97.4 Å². The fourth-order valence-electron chi connectivity index (χ4n) is 2.81. The molecule has 32 heavy (non-hydrogen) atoms.